The van der Waals surface area contributed by atoms with Crippen LogP contribution in [-0.4, -0.2) is 0 Å². The molecular weight excluding hydrogens is 412 g/mol. The van der Waals surface area contributed by atoms with Crippen LogP contribution in [0.4, 0.5) is 0 Å². The molecule has 0 radical (unpaired) electrons. The van der Waals surface area contributed by atoms with Gasteiger partial charge < -0.3 is 0 Å². The molecule has 0 spiro atoms. The van der Waals surface area contributed by atoms with Crippen molar-refractivity contribution in [3.63, 3.8) is 0 Å². The van der Waals surface area contributed by atoms with Crippen LogP contribution in [0.1, 0.15) is 0 Å². The summed E-state index contributed by atoms with van der Waals surface area (Å²) in [5.74, 6) is 0. The fourth-order valence-electron chi connectivity index (χ4n) is 5.52. The Kier molecular flexibility index (Phi) is 4.06. The highest BCUT2D eigenvalue weighted by atomic mass is 16.1. The molecule has 0 saturated heterocycles. The van der Waals surface area contributed by atoms with Gasteiger partial charge in [0.15, 0.2) is 5.43 Å². The first-order valence-corrected chi connectivity index (χ1v) is 11.6. The summed E-state index contributed by atoms with van der Waals surface area (Å²) in [4.78, 5) is 14.0. The van der Waals surface area contributed by atoms with E-state index >= 15 is 0 Å². The van der Waals surface area contributed by atoms with Gasteiger partial charge in [-0.1, -0.05) is 121 Å². The SMILES string of the molecule is O=c1c2cccc3cccc(c4c(-c5ccccc5)c5ccc(-c6ccccc6)ccc5c14)c32. The quantitative estimate of drug-likeness (QED) is 0.268. The average molecular weight is 433 g/mol. The van der Waals surface area contributed by atoms with Gasteiger partial charge in [0.2, 0.25) is 0 Å². The van der Waals surface area contributed by atoms with Crippen molar-refractivity contribution in [1.29, 1.82) is 0 Å². The Morgan fingerprint density at radius 3 is 1.65 bits per heavy atom. The lowest BCUT2D eigenvalue weighted by atomic mass is 9.93. The summed E-state index contributed by atoms with van der Waals surface area (Å²) in [6.07, 6.45) is 0. The van der Waals surface area contributed by atoms with Crippen molar-refractivity contribution in [3.05, 3.63) is 132 Å². The van der Waals surface area contributed by atoms with Gasteiger partial charge in [0.25, 0.3) is 0 Å². The second kappa shape index (κ2) is 7.26. The van der Waals surface area contributed by atoms with Crippen LogP contribution in [0.2, 0.25) is 0 Å². The van der Waals surface area contributed by atoms with E-state index in [2.05, 4.69) is 97.1 Å². The highest BCUT2D eigenvalue weighted by molar-refractivity contribution is 6.34. The number of rotatable bonds is 2. The van der Waals surface area contributed by atoms with Crippen LogP contribution in [0.5, 0.6) is 0 Å². The first kappa shape index (κ1) is 19.0. The van der Waals surface area contributed by atoms with Gasteiger partial charge in [-0.3, -0.25) is 4.79 Å². The number of benzene rings is 5. The van der Waals surface area contributed by atoms with Crippen molar-refractivity contribution in [2.45, 2.75) is 0 Å². The minimum absolute atomic E-state index is 0.110. The van der Waals surface area contributed by atoms with Crippen LogP contribution in [0.3, 0.4) is 0 Å². The summed E-state index contributed by atoms with van der Waals surface area (Å²) in [5, 5.41) is 8.09. The van der Waals surface area contributed by atoms with Crippen LogP contribution < -0.4 is 5.43 Å². The Bertz CT molecular complexity index is 1900. The molecule has 0 fully saturated rings. The van der Waals surface area contributed by atoms with Crippen LogP contribution in [0, 0.1) is 0 Å². The summed E-state index contributed by atoms with van der Waals surface area (Å²) < 4.78 is 0. The Morgan fingerprint density at radius 2 is 0.941 bits per heavy atom. The van der Waals surface area contributed by atoms with Gasteiger partial charge in [-0.2, -0.15) is 0 Å². The predicted octanol–water partition coefficient (Wildman–Crippen LogP) is 8.43. The van der Waals surface area contributed by atoms with Gasteiger partial charge >= 0.3 is 0 Å². The molecule has 0 atom stereocenters. The van der Waals surface area contributed by atoms with Gasteiger partial charge in [0, 0.05) is 21.5 Å². The van der Waals surface area contributed by atoms with E-state index in [1.165, 1.54) is 0 Å². The Labute approximate surface area is 196 Å². The smallest absolute Gasteiger partial charge is 0.194 e. The first-order chi connectivity index (χ1) is 16.8. The Morgan fingerprint density at radius 1 is 0.353 bits per heavy atom. The highest BCUT2D eigenvalue weighted by Gasteiger charge is 2.21. The standard InChI is InChI=1S/C33H20O/c34-33-28-16-8-14-23-13-7-15-27(29(23)28)31-30(24-11-5-2-6-12-24)25-19-17-22(18-20-26(25)32(31)33)21-9-3-1-4-10-21/h1-20H. The average Bonchev–Trinajstić information content (AvgIpc) is 3.07. The van der Waals surface area contributed by atoms with Crippen LogP contribution in [0.15, 0.2) is 126 Å². The Balaban J connectivity index is 1.73. The molecule has 34 heavy (non-hydrogen) atoms. The lowest BCUT2D eigenvalue weighted by Crippen LogP contribution is -2.02. The monoisotopic (exact) mass is 432 g/mol. The lowest BCUT2D eigenvalue weighted by molar-refractivity contribution is 1.66. The molecule has 0 bridgehead atoms. The third-order valence-corrected chi connectivity index (χ3v) is 7.00. The van der Waals surface area contributed by atoms with E-state index < -0.39 is 0 Å². The lowest BCUT2D eigenvalue weighted by Gasteiger charge is -2.09. The number of hydrogen-bond donors (Lipinski definition) is 0. The van der Waals surface area contributed by atoms with E-state index in [0.717, 1.165) is 65.3 Å². The van der Waals surface area contributed by atoms with E-state index in [0.29, 0.717) is 0 Å². The van der Waals surface area contributed by atoms with E-state index in [1.54, 1.807) is 0 Å². The van der Waals surface area contributed by atoms with Crippen molar-refractivity contribution in [3.8, 4) is 22.3 Å². The maximum atomic E-state index is 14.0. The molecule has 7 aromatic carbocycles. The summed E-state index contributed by atoms with van der Waals surface area (Å²) in [5.41, 5.74) is 4.67. The predicted molar refractivity (Wildman–Crippen MR) is 145 cm³/mol. The molecule has 0 heterocycles. The molecular formula is C33H20O. The van der Waals surface area contributed by atoms with Crippen LogP contribution >= 0.6 is 0 Å². The van der Waals surface area contributed by atoms with Crippen molar-refractivity contribution < 1.29 is 0 Å². The summed E-state index contributed by atoms with van der Waals surface area (Å²) in [6, 6.07) is 41.9. The van der Waals surface area contributed by atoms with Gasteiger partial charge in [-0.25, -0.2) is 0 Å². The largest absolute Gasteiger partial charge is 0.289 e. The maximum Gasteiger partial charge on any atom is 0.194 e. The summed E-state index contributed by atoms with van der Waals surface area (Å²) in [7, 11) is 0. The van der Waals surface area contributed by atoms with Crippen molar-refractivity contribution in [2.24, 2.45) is 0 Å². The van der Waals surface area contributed by atoms with E-state index in [1.807, 2.05) is 24.3 Å². The molecule has 158 valence electrons. The van der Waals surface area contributed by atoms with Gasteiger partial charge in [-0.05, 0) is 43.8 Å². The highest BCUT2D eigenvalue weighted by Crippen LogP contribution is 2.44. The summed E-state index contributed by atoms with van der Waals surface area (Å²) >= 11 is 0. The normalized spacial score (nSPS) is 11.6. The second-order valence-corrected chi connectivity index (χ2v) is 8.84. The summed E-state index contributed by atoms with van der Waals surface area (Å²) in [6.45, 7) is 0. The number of hydrogen-bond acceptors (Lipinski definition) is 1. The first-order valence-electron chi connectivity index (χ1n) is 11.6. The van der Waals surface area contributed by atoms with Crippen LogP contribution in [-0.2, 0) is 0 Å². The van der Waals surface area contributed by atoms with Crippen molar-refractivity contribution >= 4 is 43.1 Å². The minimum atomic E-state index is 0.110. The molecule has 0 amide bonds. The topological polar surface area (TPSA) is 17.1 Å². The zero-order valence-electron chi connectivity index (χ0n) is 18.5. The molecule has 7 rings (SSSR count). The zero-order valence-corrected chi connectivity index (χ0v) is 18.5. The molecule has 0 aliphatic rings. The van der Waals surface area contributed by atoms with Crippen molar-refractivity contribution in [1.82, 2.24) is 0 Å². The van der Waals surface area contributed by atoms with E-state index in [4.69, 9.17) is 0 Å². The fraction of sp³-hybridized carbons (Fsp3) is 0. The molecule has 0 aliphatic carbocycles. The fourth-order valence-corrected chi connectivity index (χ4v) is 5.52. The third kappa shape index (κ3) is 2.64. The van der Waals surface area contributed by atoms with E-state index in [-0.39, 0.29) is 5.43 Å². The van der Waals surface area contributed by atoms with Gasteiger partial charge in [0.1, 0.15) is 0 Å². The molecule has 7 aromatic rings. The second-order valence-electron chi connectivity index (χ2n) is 8.84. The minimum Gasteiger partial charge on any atom is -0.289 e. The Hall–Kier alpha value is -4.49. The molecule has 1 heteroatoms. The molecule has 0 aromatic heterocycles. The van der Waals surface area contributed by atoms with Gasteiger partial charge in [-0.15, -0.1) is 0 Å². The van der Waals surface area contributed by atoms with Crippen LogP contribution in [0.25, 0.3) is 65.3 Å². The van der Waals surface area contributed by atoms with Gasteiger partial charge in [0.05, 0.1) is 0 Å². The van der Waals surface area contributed by atoms with Crippen molar-refractivity contribution in [2.75, 3.05) is 0 Å². The molecule has 0 aliphatic heterocycles. The molecule has 0 N–H and O–H groups in total. The molecule has 0 unspecified atom stereocenters. The maximum absolute atomic E-state index is 14.0. The zero-order chi connectivity index (χ0) is 22.6. The van der Waals surface area contributed by atoms with E-state index in [9.17, 15) is 4.79 Å². The third-order valence-electron chi connectivity index (χ3n) is 7.00. The molecule has 1 nitrogen and oxygen atoms in total. The number of fused-ring (bicyclic) bond motifs is 4. The molecule has 0 saturated carbocycles.